The summed E-state index contributed by atoms with van der Waals surface area (Å²) in [5, 5.41) is 0. The van der Waals surface area contributed by atoms with E-state index in [0.717, 1.165) is 0 Å². The Morgan fingerprint density at radius 1 is 0.333 bits per heavy atom. The number of aromatic nitrogens is 4. The fourth-order valence-corrected chi connectivity index (χ4v) is 1.25. The van der Waals surface area contributed by atoms with Crippen LogP contribution in [0.5, 0.6) is 0 Å². The van der Waals surface area contributed by atoms with Crippen molar-refractivity contribution in [1.82, 2.24) is 19.9 Å². The Kier molecular flexibility index (Phi) is 26.9. The van der Waals surface area contributed by atoms with Gasteiger partial charge in [-0.1, -0.05) is 24.3 Å². The van der Waals surface area contributed by atoms with Crippen molar-refractivity contribution in [1.29, 1.82) is 0 Å². The molecule has 0 aliphatic carbocycles. The van der Waals surface area contributed by atoms with Gasteiger partial charge in [-0.3, -0.25) is 19.9 Å². The number of hydrogen-bond acceptors (Lipinski definition) is 4. The Morgan fingerprint density at radius 2 is 0.467 bits per heavy atom. The molecule has 0 bridgehead atoms. The van der Waals surface area contributed by atoms with Crippen molar-refractivity contribution >= 4 is 53.2 Å². The van der Waals surface area contributed by atoms with Crippen LogP contribution in [0, 0.1) is 0 Å². The van der Waals surface area contributed by atoms with Gasteiger partial charge in [-0.25, -0.2) is 0 Å². The van der Waals surface area contributed by atoms with E-state index < -0.39 is 7.84 Å². The molecular formula is C20H20Br4N4Pt2. The summed E-state index contributed by atoms with van der Waals surface area (Å²) in [5.74, 6) is 0. The van der Waals surface area contributed by atoms with Crippen LogP contribution in [-0.2, 0) is 28.9 Å². The zero-order chi connectivity index (χ0) is 21.5. The zero-order valence-corrected chi connectivity index (χ0v) is 26.4. The van der Waals surface area contributed by atoms with E-state index in [2.05, 4.69) is 73.1 Å². The summed E-state index contributed by atoms with van der Waals surface area (Å²) in [7, 11) is -1.69. The van der Waals surface area contributed by atoms with Crippen LogP contribution < -0.4 is 0 Å². The third kappa shape index (κ3) is 35.3. The van der Waals surface area contributed by atoms with Crippen LogP contribution in [0.4, 0.5) is 0 Å². The smallest absolute Gasteiger partial charge is 0.265 e. The maximum atomic E-state index is 3.78. The molecule has 0 aliphatic heterocycles. The summed E-state index contributed by atoms with van der Waals surface area (Å²) in [4.78, 5) is 15.1. The quantitative estimate of drug-likeness (QED) is 0.181. The summed E-state index contributed by atoms with van der Waals surface area (Å²) in [5.41, 5.74) is 0. The summed E-state index contributed by atoms with van der Waals surface area (Å²) in [6.07, 6.45) is 14.0. The summed E-state index contributed by atoms with van der Waals surface area (Å²) >= 11 is 13.2. The summed E-state index contributed by atoms with van der Waals surface area (Å²) in [6, 6.07) is 22.9. The van der Waals surface area contributed by atoms with E-state index in [1.807, 2.05) is 72.8 Å². The average Bonchev–Trinajstić information content (AvgIpc) is 2.79. The number of hydrogen-bond donors (Lipinski definition) is 0. The molecule has 0 spiro atoms. The molecular weight excluding hydrogens is 1010 g/mol. The van der Waals surface area contributed by atoms with Crippen LogP contribution in [0.15, 0.2) is 122 Å². The van der Waals surface area contributed by atoms with Crippen molar-refractivity contribution < 1.29 is 28.9 Å². The minimum atomic E-state index is -1.69. The van der Waals surface area contributed by atoms with E-state index in [-0.39, 0.29) is 21.1 Å². The van der Waals surface area contributed by atoms with Gasteiger partial charge in [0.2, 0.25) is 0 Å². The first-order valence-corrected chi connectivity index (χ1v) is 27.7. The Labute approximate surface area is 221 Å². The molecule has 168 valence electrons. The van der Waals surface area contributed by atoms with Gasteiger partial charge in [-0.05, 0) is 48.5 Å². The normalized spacial score (nSPS) is 8.93. The largest absolute Gasteiger partial charge is 2.00 e. The van der Waals surface area contributed by atoms with Crippen molar-refractivity contribution in [2.45, 2.75) is 0 Å². The van der Waals surface area contributed by atoms with E-state index in [0.29, 0.717) is 0 Å². The third-order valence-corrected chi connectivity index (χ3v) is 2.27. The molecule has 4 heterocycles. The summed E-state index contributed by atoms with van der Waals surface area (Å²) in [6.45, 7) is 0. The van der Waals surface area contributed by atoms with E-state index in [1.165, 1.54) is 0 Å². The van der Waals surface area contributed by atoms with Crippen molar-refractivity contribution in [2.75, 3.05) is 0 Å². The molecule has 4 aromatic heterocycles. The second-order valence-electron chi connectivity index (χ2n) is 4.37. The summed E-state index contributed by atoms with van der Waals surface area (Å²) < 4.78 is 0. The molecule has 4 rings (SSSR count). The van der Waals surface area contributed by atoms with Crippen LogP contribution in [-0.4, -0.2) is 19.9 Å². The fourth-order valence-electron chi connectivity index (χ4n) is 1.25. The monoisotopic (exact) mass is 1020 g/mol. The Hall–Kier alpha value is -0.103. The van der Waals surface area contributed by atoms with Gasteiger partial charge in [-0.2, -0.15) is 0 Å². The van der Waals surface area contributed by atoms with Gasteiger partial charge < -0.3 is 0 Å². The first kappa shape index (κ1) is 32.1. The number of pyridine rings is 4. The predicted octanol–water partition coefficient (Wildman–Crippen LogP) is 7.70. The molecule has 0 fully saturated rings. The van der Waals surface area contributed by atoms with E-state index in [4.69, 9.17) is 0 Å². The van der Waals surface area contributed by atoms with Crippen molar-refractivity contribution in [2.24, 2.45) is 0 Å². The molecule has 0 aromatic carbocycles. The van der Waals surface area contributed by atoms with E-state index in [9.17, 15) is 0 Å². The molecule has 0 N–H and O–H groups in total. The first-order valence-electron chi connectivity index (χ1n) is 7.88. The van der Waals surface area contributed by atoms with E-state index >= 15 is 0 Å². The molecule has 0 unspecified atom stereocenters. The number of rotatable bonds is 0. The molecule has 0 aliphatic rings. The fraction of sp³-hybridized carbons (Fsp3) is 0. The molecule has 0 amide bonds. The van der Waals surface area contributed by atoms with Gasteiger partial charge in [-0.15, -0.1) is 0 Å². The third-order valence-electron chi connectivity index (χ3n) is 2.27. The topological polar surface area (TPSA) is 51.6 Å². The van der Waals surface area contributed by atoms with Gasteiger partial charge >= 0.3 is 82.1 Å². The predicted molar refractivity (Wildman–Crippen MR) is 133 cm³/mol. The molecule has 0 saturated heterocycles. The Morgan fingerprint density at radius 3 is 0.500 bits per heavy atom. The van der Waals surface area contributed by atoms with Crippen LogP contribution >= 0.6 is 53.2 Å². The Bertz CT molecular complexity index is 531. The standard InChI is InChI=1S/4C5H5N.4BrH.2Pt/c4*1-2-4-6-5-3-1;;;;;;/h4*1-5H;4*1H;;/q;;;;;;;;2*+2/p-4. The molecule has 0 atom stereocenters. The average molecular weight is 1030 g/mol. The second kappa shape index (κ2) is 25.2. The van der Waals surface area contributed by atoms with Crippen LogP contribution in [0.25, 0.3) is 0 Å². The molecule has 4 nitrogen and oxygen atoms in total. The molecule has 0 saturated carbocycles. The number of halogens is 4. The zero-order valence-electron chi connectivity index (χ0n) is 15.5. The minimum absolute atomic E-state index is 0. The van der Waals surface area contributed by atoms with Gasteiger partial charge in [0.25, 0.3) is 0 Å². The van der Waals surface area contributed by atoms with Crippen LogP contribution in [0.1, 0.15) is 0 Å². The molecule has 10 heteroatoms. The first-order chi connectivity index (χ1) is 14.0. The van der Waals surface area contributed by atoms with Crippen molar-refractivity contribution in [3.8, 4) is 0 Å². The van der Waals surface area contributed by atoms with Crippen LogP contribution in [0.2, 0.25) is 0 Å². The second-order valence-corrected chi connectivity index (χ2v) is 64.0. The molecule has 30 heavy (non-hydrogen) atoms. The molecule has 4 aromatic rings. The maximum Gasteiger partial charge on any atom is 2.00 e. The van der Waals surface area contributed by atoms with Gasteiger partial charge in [0.05, 0.1) is 0 Å². The van der Waals surface area contributed by atoms with Gasteiger partial charge in [0.15, 0.2) is 0 Å². The Balaban J connectivity index is 0. The van der Waals surface area contributed by atoms with Crippen LogP contribution in [0.3, 0.4) is 0 Å². The minimum Gasteiger partial charge on any atom is -0.265 e. The molecule has 0 radical (unpaired) electrons. The maximum absolute atomic E-state index is 3.78. The van der Waals surface area contributed by atoms with Crippen molar-refractivity contribution in [3.63, 3.8) is 0 Å². The van der Waals surface area contributed by atoms with Gasteiger partial charge in [0, 0.05) is 49.6 Å². The SMILES string of the molecule is [Br][Pt-2]([Br])([Br])[Br].[Pt+2].c1ccncc1.c1ccncc1.c1ccncc1.c1ccncc1. The van der Waals surface area contributed by atoms with E-state index in [1.54, 1.807) is 49.6 Å². The number of nitrogens with zero attached hydrogens (tertiary/aromatic N) is 4. The van der Waals surface area contributed by atoms with Gasteiger partial charge in [0.1, 0.15) is 0 Å². The van der Waals surface area contributed by atoms with Crippen molar-refractivity contribution in [3.05, 3.63) is 122 Å².